The summed E-state index contributed by atoms with van der Waals surface area (Å²) < 4.78 is 7.65. The Morgan fingerprint density at radius 1 is 1.06 bits per heavy atom. The van der Waals surface area contributed by atoms with Gasteiger partial charge in [0.1, 0.15) is 12.4 Å². The molecule has 0 spiro atoms. The smallest absolute Gasteiger partial charge is 0.259 e. The number of hydrogen-bond donors (Lipinski definition) is 1. The van der Waals surface area contributed by atoms with Crippen molar-refractivity contribution >= 4 is 5.95 Å². The quantitative estimate of drug-likeness (QED) is 0.552. The molecule has 1 aliphatic heterocycles. The van der Waals surface area contributed by atoms with Crippen LogP contribution in [0.4, 0.5) is 5.95 Å². The summed E-state index contributed by atoms with van der Waals surface area (Å²) in [5, 5.41) is 3.47. The van der Waals surface area contributed by atoms with Crippen molar-refractivity contribution in [2.75, 3.05) is 25.0 Å². The molecule has 2 aromatic carbocycles. The van der Waals surface area contributed by atoms with Crippen LogP contribution in [-0.2, 0) is 19.5 Å². The van der Waals surface area contributed by atoms with Crippen LogP contribution < -0.4 is 15.6 Å². The largest absolute Gasteiger partial charge is 0.492 e. The molecule has 0 saturated carbocycles. The molecule has 0 amide bonds. The van der Waals surface area contributed by atoms with Crippen molar-refractivity contribution in [2.45, 2.75) is 53.2 Å². The fourth-order valence-electron chi connectivity index (χ4n) is 4.22. The molecule has 0 unspecified atom stereocenters. The predicted molar refractivity (Wildman–Crippen MR) is 133 cm³/mol. The number of hydrogen-bond acceptors (Lipinski definition) is 5. The minimum absolute atomic E-state index is 0.0604. The number of benzene rings is 2. The number of aryl methyl sites for hydroxylation is 2. The van der Waals surface area contributed by atoms with E-state index in [1.807, 2.05) is 19.1 Å². The summed E-state index contributed by atoms with van der Waals surface area (Å²) in [5.41, 5.74) is 5.42. The Morgan fingerprint density at radius 2 is 1.73 bits per heavy atom. The molecule has 4 rings (SSSR count). The fraction of sp³-hybridized carbons (Fsp3) is 0.407. The molecule has 2 heterocycles. The van der Waals surface area contributed by atoms with Crippen LogP contribution in [0.1, 0.15) is 47.8 Å². The van der Waals surface area contributed by atoms with Gasteiger partial charge >= 0.3 is 0 Å². The maximum absolute atomic E-state index is 13.3. The van der Waals surface area contributed by atoms with E-state index in [9.17, 15) is 4.79 Å². The van der Waals surface area contributed by atoms with Gasteiger partial charge in [0.15, 0.2) is 0 Å². The molecular formula is C27H34N4O2. The lowest BCUT2D eigenvalue weighted by molar-refractivity contribution is 0.194. The lowest BCUT2D eigenvalue weighted by Gasteiger charge is -2.29. The van der Waals surface area contributed by atoms with Gasteiger partial charge in [-0.3, -0.25) is 14.3 Å². The zero-order valence-corrected chi connectivity index (χ0v) is 20.1. The summed E-state index contributed by atoms with van der Waals surface area (Å²) in [6.45, 7) is 11.7. The summed E-state index contributed by atoms with van der Waals surface area (Å²) in [5.74, 6) is 1.54. The van der Waals surface area contributed by atoms with Gasteiger partial charge < -0.3 is 10.1 Å². The number of anilines is 1. The molecule has 33 heavy (non-hydrogen) atoms. The third-order valence-electron chi connectivity index (χ3n) is 6.33. The summed E-state index contributed by atoms with van der Waals surface area (Å²) in [7, 11) is 0. The number of nitrogens with one attached hydrogen (secondary N) is 1. The molecule has 174 valence electrons. The molecule has 0 saturated heterocycles. The molecule has 3 aromatic rings. The number of rotatable bonds is 8. The highest BCUT2D eigenvalue weighted by atomic mass is 16.5. The van der Waals surface area contributed by atoms with Crippen LogP contribution in [0.25, 0.3) is 0 Å². The predicted octanol–water partition coefficient (Wildman–Crippen LogP) is 4.49. The highest BCUT2D eigenvalue weighted by molar-refractivity contribution is 5.37. The number of fused-ring (bicyclic) bond motifs is 1. The van der Waals surface area contributed by atoms with E-state index in [-0.39, 0.29) is 11.6 Å². The number of aromatic nitrogens is 2. The van der Waals surface area contributed by atoms with E-state index in [0.717, 1.165) is 36.5 Å². The first-order valence-electron chi connectivity index (χ1n) is 11.8. The van der Waals surface area contributed by atoms with Crippen molar-refractivity contribution in [1.82, 2.24) is 14.5 Å². The highest BCUT2D eigenvalue weighted by Crippen LogP contribution is 2.21. The molecule has 0 radical (unpaired) electrons. The average molecular weight is 447 g/mol. The third-order valence-corrected chi connectivity index (χ3v) is 6.33. The highest BCUT2D eigenvalue weighted by Gasteiger charge is 2.23. The van der Waals surface area contributed by atoms with E-state index in [1.165, 1.54) is 16.7 Å². The first-order chi connectivity index (χ1) is 15.9. The van der Waals surface area contributed by atoms with E-state index < -0.39 is 0 Å². The molecule has 6 heteroatoms. The summed E-state index contributed by atoms with van der Waals surface area (Å²) in [4.78, 5) is 20.5. The van der Waals surface area contributed by atoms with E-state index in [1.54, 1.807) is 4.57 Å². The molecule has 1 aliphatic rings. The van der Waals surface area contributed by atoms with Crippen LogP contribution in [0.5, 0.6) is 5.75 Å². The van der Waals surface area contributed by atoms with Gasteiger partial charge in [0, 0.05) is 32.6 Å². The molecule has 6 nitrogen and oxygen atoms in total. The Kier molecular flexibility index (Phi) is 7.14. The Labute approximate surface area is 196 Å². The zero-order chi connectivity index (χ0) is 23.4. The minimum Gasteiger partial charge on any atom is -0.492 e. The van der Waals surface area contributed by atoms with E-state index in [4.69, 9.17) is 9.72 Å². The van der Waals surface area contributed by atoms with Crippen molar-refractivity contribution in [3.63, 3.8) is 0 Å². The standard InChI is InChI=1S/C27H34N4O2/c1-5-31-26(32)24-18-30(16-17-33-23-12-8-20(3)9-13-23)15-14-25(24)29-27(31)28-21(4)22-10-6-19(2)7-11-22/h6-13,21H,5,14-18H2,1-4H3,(H,28,29)/t21-/m0/s1. The van der Waals surface area contributed by atoms with Gasteiger partial charge in [0.05, 0.1) is 17.3 Å². The second-order valence-corrected chi connectivity index (χ2v) is 8.87. The van der Waals surface area contributed by atoms with Gasteiger partial charge in [0.2, 0.25) is 5.95 Å². The molecule has 1 atom stereocenters. The number of nitrogens with zero attached hydrogens (tertiary/aromatic N) is 3. The van der Waals surface area contributed by atoms with Crippen molar-refractivity contribution in [3.05, 3.63) is 86.8 Å². The van der Waals surface area contributed by atoms with E-state index >= 15 is 0 Å². The minimum atomic E-state index is 0.0604. The fourth-order valence-corrected chi connectivity index (χ4v) is 4.22. The van der Waals surface area contributed by atoms with Gasteiger partial charge in [-0.15, -0.1) is 0 Å². The SMILES string of the molecule is CCn1c(N[C@@H](C)c2ccc(C)cc2)nc2c(c1=O)CN(CCOc1ccc(C)cc1)CC2. The van der Waals surface area contributed by atoms with Crippen molar-refractivity contribution in [1.29, 1.82) is 0 Å². The van der Waals surface area contributed by atoms with Crippen molar-refractivity contribution < 1.29 is 4.74 Å². The maximum Gasteiger partial charge on any atom is 0.259 e. The zero-order valence-electron chi connectivity index (χ0n) is 20.1. The first kappa shape index (κ1) is 23.1. The van der Waals surface area contributed by atoms with Crippen molar-refractivity contribution in [2.24, 2.45) is 0 Å². The van der Waals surface area contributed by atoms with Gasteiger partial charge in [-0.05, 0) is 45.4 Å². The van der Waals surface area contributed by atoms with E-state index in [0.29, 0.717) is 25.6 Å². The van der Waals surface area contributed by atoms with Crippen molar-refractivity contribution in [3.8, 4) is 5.75 Å². The summed E-state index contributed by atoms with van der Waals surface area (Å²) in [6.07, 6.45) is 0.771. The lowest BCUT2D eigenvalue weighted by Crippen LogP contribution is -2.40. The Morgan fingerprint density at radius 3 is 2.39 bits per heavy atom. The summed E-state index contributed by atoms with van der Waals surface area (Å²) in [6, 6.07) is 16.6. The van der Waals surface area contributed by atoms with Gasteiger partial charge in [-0.2, -0.15) is 0 Å². The van der Waals surface area contributed by atoms with Crippen LogP contribution in [0.15, 0.2) is 53.3 Å². The van der Waals surface area contributed by atoms with Gasteiger partial charge in [-0.1, -0.05) is 47.5 Å². The van der Waals surface area contributed by atoms with Gasteiger partial charge in [-0.25, -0.2) is 4.98 Å². The summed E-state index contributed by atoms with van der Waals surface area (Å²) >= 11 is 0. The second kappa shape index (κ2) is 10.2. The maximum atomic E-state index is 13.3. The molecule has 0 bridgehead atoms. The Bertz CT molecular complexity index is 1140. The second-order valence-electron chi connectivity index (χ2n) is 8.87. The van der Waals surface area contributed by atoms with Crippen LogP contribution in [0.2, 0.25) is 0 Å². The van der Waals surface area contributed by atoms with Gasteiger partial charge in [0.25, 0.3) is 5.56 Å². The lowest BCUT2D eigenvalue weighted by atomic mass is 10.1. The molecule has 0 fully saturated rings. The molecule has 0 aliphatic carbocycles. The topological polar surface area (TPSA) is 59.4 Å². The normalized spacial score (nSPS) is 14.5. The Hall–Kier alpha value is -3.12. The average Bonchev–Trinajstić information content (AvgIpc) is 2.81. The van der Waals surface area contributed by atoms with Crippen LogP contribution in [-0.4, -0.2) is 34.1 Å². The molecule has 1 N–H and O–H groups in total. The van der Waals surface area contributed by atoms with Crippen LogP contribution >= 0.6 is 0 Å². The monoisotopic (exact) mass is 446 g/mol. The third kappa shape index (κ3) is 5.45. The Balaban J connectivity index is 1.44. The van der Waals surface area contributed by atoms with Crippen LogP contribution in [0, 0.1) is 13.8 Å². The van der Waals surface area contributed by atoms with E-state index in [2.05, 4.69) is 67.4 Å². The first-order valence-corrected chi connectivity index (χ1v) is 11.8. The van der Waals surface area contributed by atoms with Crippen LogP contribution in [0.3, 0.4) is 0 Å². The molecular weight excluding hydrogens is 412 g/mol. The number of ether oxygens (including phenoxy) is 1. The molecule has 1 aromatic heterocycles.